The zero-order valence-electron chi connectivity index (χ0n) is 14.0. The van der Waals surface area contributed by atoms with E-state index in [0.717, 1.165) is 5.56 Å². The standard InChI is InChI=1S/C19H17ClFNO4/c1-25-18(23)10-15(11-2-5-14(21)6-3-11)22-19(24)17-9-12-8-13(20)4-7-16(12)26-17/h2-8,15,17H,9-10H2,1H3,(H,22,24). The van der Waals surface area contributed by atoms with Crippen molar-refractivity contribution in [3.63, 3.8) is 0 Å². The van der Waals surface area contributed by atoms with Crippen LogP contribution >= 0.6 is 11.6 Å². The van der Waals surface area contributed by atoms with Crippen molar-refractivity contribution in [1.82, 2.24) is 5.32 Å². The van der Waals surface area contributed by atoms with E-state index in [9.17, 15) is 14.0 Å². The van der Waals surface area contributed by atoms with Gasteiger partial charge in [-0.2, -0.15) is 0 Å². The number of rotatable bonds is 5. The van der Waals surface area contributed by atoms with Crippen molar-refractivity contribution < 1.29 is 23.5 Å². The maximum absolute atomic E-state index is 13.2. The molecule has 1 N–H and O–H groups in total. The lowest BCUT2D eigenvalue weighted by molar-refractivity contribution is -0.141. The Hall–Kier alpha value is -2.60. The van der Waals surface area contributed by atoms with E-state index < -0.39 is 23.9 Å². The monoisotopic (exact) mass is 377 g/mol. The minimum Gasteiger partial charge on any atom is -0.480 e. The summed E-state index contributed by atoms with van der Waals surface area (Å²) in [7, 11) is 1.27. The number of esters is 1. The van der Waals surface area contributed by atoms with Gasteiger partial charge in [-0.15, -0.1) is 0 Å². The van der Waals surface area contributed by atoms with Crippen molar-refractivity contribution in [3.8, 4) is 5.75 Å². The molecule has 5 nitrogen and oxygen atoms in total. The summed E-state index contributed by atoms with van der Waals surface area (Å²) in [5.74, 6) is -0.637. The Morgan fingerprint density at radius 3 is 2.73 bits per heavy atom. The highest BCUT2D eigenvalue weighted by molar-refractivity contribution is 6.30. The topological polar surface area (TPSA) is 64.6 Å². The molecule has 0 aliphatic carbocycles. The van der Waals surface area contributed by atoms with E-state index in [0.29, 0.717) is 22.8 Å². The molecule has 7 heteroatoms. The number of benzene rings is 2. The van der Waals surface area contributed by atoms with Crippen LogP contribution in [0.2, 0.25) is 5.02 Å². The highest BCUT2D eigenvalue weighted by Gasteiger charge is 2.31. The molecule has 0 bridgehead atoms. The van der Waals surface area contributed by atoms with E-state index in [1.165, 1.54) is 31.4 Å². The van der Waals surface area contributed by atoms with Crippen molar-refractivity contribution in [2.75, 3.05) is 7.11 Å². The first-order valence-electron chi connectivity index (χ1n) is 8.04. The van der Waals surface area contributed by atoms with Crippen LogP contribution in [0.5, 0.6) is 5.75 Å². The van der Waals surface area contributed by atoms with Crippen LogP contribution in [0, 0.1) is 5.82 Å². The Morgan fingerprint density at radius 2 is 2.04 bits per heavy atom. The molecule has 0 fully saturated rings. The van der Waals surface area contributed by atoms with Gasteiger partial charge in [0.05, 0.1) is 19.6 Å². The Kier molecular flexibility index (Phi) is 5.42. The van der Waals surface area contributed by atoms with Gasteiger partial charge in [0.1, 0.15) is 11.6 Å². The van der Waals surface area contributed by atoms with Gasteiger partial charge in [0.2, 0.25) is 0 Å². The van der Waals surface area contributed by atoms with Crippen molar-refractivity contribution in [1.29, 1.82) is 0 Å². The third kappa shape index (κ3) is 4.14. The van der Waals surface area contributed by atoms with Gasteiger partial charge in [0, 0.05) is 11.4 Å². The average Bonchev–Trinajstić information content (AvgIpc) is 3.05. The van der Waals surface area contributed by atoms with Crippen LogP contribution in [0.1, 0.15) is 23.6 Å². The summed E-state index contributed by atoms with van der Waals surface area (Å²) in [6.45, 7) is 0. The number of methoxy groups -OCH3 is 1. The van der Waals surface area contributed by atoms with Crippen molar-refractivity contribution in [3.05, 3.63) is 64.4 Å². The molecule has 0 saturated heterocycles. The number of hydrogen-bond acceptors (Lipinski definition) is 4. The van der Waals surface area contributed by atoms with E-state index in [1.54, 1.807) is 18.2 Å². The molecule has 0 radical (unpaired) electrons. The predicted octanol–water partition coefficient (Wildman–Crippen LogP) is 3.20. The van der Waals surface area contributed by atoms with Crippen LogP contribution in [0.4, 0.5) is 4.39 Å². The Morgan fingerprint density at radius 1 is 1.31 bits per heavy atom. The van der Waals surface area contributed by atoms with Gasteiger partial charge < -0.3 is 14.8 Å². The molecule has 0 spiro atoms. The number of halogens is 2. The first-order valence-corrected chi connectivity index (χ1v) is 8.42. The Balaban J connectivity index is 1.73. The Labute approximate surface area is 155 Å². The van der Waals surface area contributed by atoms with Crippen LogP contribution in [-0.2, 0) is 20.7 Å². The average molecular weight is 378 g/mol. The lowest BCUT2D eigenvalue weighted by atomic mass is 10.0. The molecule has 0 aromatic heterocycles. The van der Waals surface area contributed by atoms with E-state index in [-0.39, 0.29) is 12.3 Å². The fourth-order valence-corrected chi connectivity index (χ4v) is 3.02. The first kappa shape index (κ1) is 18.2. The molecule has 2 unspecified atom stereocenters. The number of carbonyl (C=O) groups excluding carboxylic acids is 2. The first-order chi connectivity index (χ1) is 12.5. The maximum atomic E-state index is 13.2. The molecule has 1 aliphatic heterocycles. The number of nitrogens with one attached hydrogen (secondary N) is 1. The van der Waals surface area contributed by atoms with Gasteiger partial charge in [-0.25, -0.2) is 4.39 Å². The van der Waals surface area contributed by atoms with Crippen LogP contribution in [0.25, 0.3) is 0 Å². The molecule has 1 aliphatic rings. The van der Waals surface area contributed by atoms with E-state index >= 15 is 0 Å². The second-order valence-electron chi connectivity index (χ2n) is 5.96. The lowest BCUT2D eigenvalue weighted by Crippen LogP contribution is -2.40. The molecule has 2 atom stereocenters. The number of hydrogen-bond donors (Lipinski definition) is 1. The van der Waals surface area contributed by atoms with Gasteiger partial charge >= 0.3 is 5.97 Å². The number of ether oxygens (including phenoxy) is 2. The van der Waals surface area contributed by atoms with Crippen molar-refractivity contribution in [2.45, 2.75) is 25.0 Å². The lowest BCUT2D eigenvalue weighted by Gasteiger charge is -2.20. The van der Waals surface area contributed by atoms with Crippen LogP contribution < -0.4 is 10.1 Å². The van der Waals surface area contributed by atoms with E-state index in [1.807, 2.05) is 0 Å². The third-order valence-electron chi connectivity index (χ3n) is 4.18. The number of carbonyl (C=O) groups is 2. The van der Waals surface area contributed by atoms with Crippen LogP contribution in [0.15, 0.2) is 42.5 Å². The van der Waals surface area contributed by atoms with Gasteiger partial charge in [-0.3, -0.25) is 9.59 Å². The third-order valence-corrected chi connectivity index (χ3v) is 4.41. The molecule has 136 valence electrons. The number of amides is 1. The smallest absolute Gasteiger partial charge is 0.307 e. The molecule has 26 heavy (non-hydrogen) atoms. The predicted molar refractivity (Wildman–Crippen MR) is 93.5 cm³/mol. The minimum atomic E-state index is -0.718. The van der Waals surface area contributed by atoms with Crippen LogP contribution in [-0.4, -0.2) is 25.1 Å². The second-order valence-corrected chi connectivity index (χ2v) is 6.39. The summed E-state index contributed by atoms with van der Waals surface area (Å²) < 4.78 is 23.5. The summed E-state index contributed by atoms with van der Waals surface area (Å²) >= 11 is 5.96. The molecular weight excluding hydrogens is 361 g/mol. The zero-order valence-corrected chi connectivity index (χ0v) is 14.8. The fraction of sp³-hybridized carbons (Fsp3) is 0.263. The molecular formula is C19H17ClFNO4. The highest BCUT2D eigenvalue weighted by Crippen LogP contribution is 2.31. The zero-order chi connectivity index (χ0) is 18.7. The van der Waals surface area contributed by atoms with E-state index in [4.69, 9.17) is 16.3 Å². The normalized spacial score (nSPS) is 16.3. The summed E-state index contributed by atoms with van der Waals surface area (Å²) in [6, 6.07) is 10.1. The molecule has 3 rings (SSSR count). The van der Waals surface area contributed by atoms with Gasteiger partial charge in [-0.05, 0) is 41.5 Å². The van der Waals surface area contributed by atoms with Gasteiger partial charge in [0.25, 0.3) is 5.91 Å². The molecule has 1 heterocycles. The summed E-state index contributed by atoms with van der Waals surface area (Å²) in [5, 5.41) is 3.36. The minimum absolute atomic E-state index is 0.0701. The highest BCUT2D eigenvalue weighted by atomic mass is 35.5. The SMILES string of the molecule is COC(=O)CC(NC(=O)C1Cc2cc(Cl)ccc2O1)c1ccc(F)cc1. The van der Waals surface area contributed by atoms with Crippen LogP contribution in [0.3, 0.4) is 0 Å². The fourth-order valence-electron chi connectivity index (χ4n) is 2.83. The number of fused-ring (bicyclic) bond motifs is 1. The summed E-state index contributed by atoms with van der Waals surface area (Å²) in [4.78, 5) is 24.3. The molecule has 0 saturated carbocycles. The van der Waals surface area contributed by atoms with Crippen molar-refractivity contribution >= 4 is 23.5 Å². The second kappa shape index (κ2) is 7.74. The van der Waals surface area contributed by atoms with Crippen molar-refractivity contribution in [2.24, 2.45) is 0 Å². The largest absolute Gasteiger partial charge is 0.480 e. The summed E-state index contributed by atoms with van der Waals surface area (Å²) in [5.41, 5.74) is 1.45. The maximum Gasteiger partial charge on any atom is 0.307 e. The van der Waals surface area contributed by atoms with Gasteiger partial charge in [0.15, 0.2) is 6.10 Å². The summed E-state index contributed by atoms with van der Waals surface area (Å²) in [6.07, 6.45) is -0.404. The Bertz CT molecular complexity index is 825. The van der Waals surface area contributed by atoms with Gasteiger partial charge in [-0.1, -0.05) is 23.7 Å². The molecule has 2 aromatic rings. The molecule has 2 aromatic carbocycles. The van der Waals surface area contributed by atoms with E-state index in [2.05, 4.69) is 10.1 Å². The quantitative estimate of drug-likeness (QED) is 0.813. The molecule has 1 amide bonds.